The topological polar surface area (TPSA) is 80.6 Å². The number of hydrogen-bond acceptors (Lipinski definition) is 7. The lowest BCUT2D eigenvalue weighted by Crippen LogP contribution is -2.36. The molecular formula is C19H26N4O3. The number of anilines is 1. The number of piperidine rings is 1. The maximum Gasteiger partial charge on any atom is 0.245 e. The van der Waals surface area contributed by atoms with Crippen LogP contribution in [0.5, 0.6) is 11.5 Å². The van der Waals surface area contributed by atoms with E-state index < -0.39 is 0 Å². The zero-order valence-corrected chi connectivity index (χ0v) is 15.4. The molecule has 3 rings (SSSR count). The molecule has 0 unspecified atom stereocenters. The Morgan fingerprint density at radius 2 is 2.15 bits per heavy atom. The Balaban J connectivity index is 1.82. The molecule has 2 heterocycles. The third-order valence-electron chi connectivity index (χ3n) is 4.80. The van der Waals surface area contributed by atoms with E-state index in [0.29, 0.717) is 17.6 Å². The fourth-order valence-electron chi connectivity index (χ4n) is 3.43. The second kappa shape index (κ2) is 8.80. The minimum absolute atomic E-state index is 0.251. The van der Waals surface area contributed by atoms with E-state index in [1.54, 1.807) is 20.4 Å². The first-order chi connectivity index (χ1) is 12.7. The number of methoxy groups -OCH3 is 2. The van der Waals surface area contributed by atoms with Gasteiger partial charge in [0.05, 0.1) is 26.1 Å². The number of nitrogens with zero attached hydrogens (tertiary/aromatic N) is 4. The average Bonchev–Trinajstić information content (AvgIpc) is 2.72. The van der Waals surface area contributed by atoms with E-state index in [1.807, 2.05) is 18.2 Å². The van der Waals surface area contributed by atoms with E-state index in [1.165, 1.54) is 6.42 Å². The maximum atomic E-state index is 9.06. The molecule has 0 amide bonds. The van der Waals surface area contributed by atoms with Crippen molar-refractivity contribution >= 4 is 5.95 Å². The fraction of sp³-hybridized carbons (Fsp3) is 0.526. The molecule has 26 heavy (non-hydrogen) atoms. The summed E-state index contributed by atoms with van der Waals surface area (Å²) in [6, 6.07) is 5.64. The summed E-state index contributed by atoms with van der Waals surface area (Å²) in [6.45, 7) is 2.09. The summed E-state index contributed by atoms with van der Waals surface area (Å²) in [6.07, 6.45) is 5.83. The molecule has 7 nitrogen and oxygen atoms in total. The summed E-state index contributed by atoms with van der Waals surface area (Å²) in [5, 5.41) is 17.5. The molecule has 1 aromatic carbocycles. The van der Waals surface area contributed by atoms with Crippen LogP contribution in [0.25, 0.3) is 11.3 Å². The maximum absolute atomic E-state index is 9.06. The Hall–Kier alpha value is -2.41. The summed E-state index contributed by atoms with van der Waals surface area (Å²) in [7, 11) is 3.26. The van der Waals surface area contributed by atoms with E-state index in [-0.39, 0.29) is 6.61 Å². The number of hydrogen-bond donors (Lipinski definition) is 1. The number of aromatic nitrogens is 3. The summed E-state index contributed by atoms with van der Waals surface area (Å²) in [5.74, 6) is 2.64. The molecule has 140 valence electrons. The summed E-state index contributed by atoms with van der Waals surface area (Å²) >= 11 is 0. The SMILES string of the molecule is COc1ccc(-c2cnnc(N3CCC[C@@H](CCCO)C3)n2)c(OC)c1. The molecule has 1 aliphatic heterocycles. The molecule has 1 aromatic heterocycles. The molecule has 1 aliphatic rings. The highest BCUT2D eigenvalue weighted by atomic mass is 16.5. The molecule has 0 spiro atoms. The lowest BCUT2D eigenvalue weighted by molar-refractivity contribution is 0.263. The number of aliphatic hydroxyl groups is 1. The van der Waals surface area contributed by atoms with Gasteiger partial charge in [-0.3, -0.25) is 0 Å². The predicted molar refractivity (Wildman–Crippen MR) is 99.6 cm³/mol. The minimum atomic E-state index is 0.251. The van der Waals surface area contributed by atoms with Gasteiger partial charge in [0.1, 0.15) is 11.5 Å². The third kappa shape index (κ3) is 4.22. The van der Waals surface area contributed by atoms with Crippen molar-refractivity contribution in [1.29, 1.82) is 0 Å². The molecule has 0 saturated carbocycles. The quantitative estimate of drug-likeness (QED) is 0.814. The van der Waals surface area contributed by atoms with Gasteiger partial charge in [0.25, 0.3) is 0 Å². The van der Waals surface area contributed by atoms with E-state index in [9.17, 15) is 0 Å². The number of aliphatic hydroxyl groups excluding tert-OH is 1. The molecule has 1 fully saturated rings. The van der Waals surface area contributed by atoms with E-state index >= 15 is 0 Å². The first-order valence-electron chi connectivity index (χ1n) is 9.03. The number of rotatable bonds is 7. The van der Waals surface area contributed by atoms with Crippen molar-refractivity contribution in [1.82, 2.24) is 15.2 Å². The largest absolute Gasteiger partial charge is 0.497 e. The van der Waals surface area contributed by atoms with Crippen molar-refractivity contribution in [3.05, 3.63) is 24.4 Å². The third-order valence-corrected chi connectivity index (χ3v) is 4.80. The van der Waals surface area contributed by atoms with E-state index in [2.05, 4.69) is 15.1 Å². The van der Waals surface area contributed by atoms with Crippen LogP contribution < -0.4 is 14.4 Å². The Bertz CT molecular complexity index is 726. The molecule has 1 saturated heterocycles. The first-order valence-corrected chi connectivity index (χ1v) is 9.03. The van der Waals surface area contributed by atoms with Crippen LogP contribution in [0.4, 0.5) is 5.95 Å². The van der Waals surface area contributed by atoms with Gasteiger partial charge in [0.15, 0.2) is 0 Å². The van der Waals surface area contributed by atoms with Gasteiger partial charge in [-0.05, 0) is 43.7 Å². The zero-order chi connectivity index (χ0) is 18.4. The molecule has 7 heteroatoms. The van der Waals surface area contributed by atoms with Crippen molar-refractivity contribution in [2.45, 2.75) is 25.7 Å². The molecule has 2 aromatic rings. The van der Waals surface area contributed by atoms with E-state index in [0.717, 1.165) is 49.4 Å². The van der Waals surface area contributed by atoms with Gasteiger partial charge in [-0.15, -0.1) is 5.10 Å². The van der Waals surface area contributed by atoms with Gasteiger partial charge in [-0.2, -0.15) is 5.10 Å². The van der Waals surface area contributed by atoms with Crippen LogP contribution in [0.3, 0.4) is 0 Å². The first kappa shape index (κ1) is 18.4. The minimum Gasteiger partial charge on any atom is -0.497 e. The standard InChI is InChI=1S/C19H26N4O3/c1-25-15-7-8-16(18(11-15)26-2)17-12-20-22-19(21-17)23-9-3-5-14(13-23)6-4-10-24/h7-8,11-12,14,24H,3-6,9-10,13H2,1-2H3/t14-/m0/s1. The average molecular weight is 358 g/mol. The Morgan fingerprint density at radius 3 is 2.92 bits per heavy atom. The lowest BCUT2D eigenvalue weighted by atomic mass is 9.94. The summed E-state index contributed by atoms with van der Waals surface area (Å²) < 4.78 is 10.7. The molecule has 0 radical (unpaired) electrons. The number of ether oxygens (including phenoxy) is 2. The summed E-state index contributed by atoms with van der Waals surface area (Å²) in [5.41, 5.74) is 1.59. The highest BCUT2D eigenvalue weighted by Crippen LogP contribution is 2.32. The van der Waals surface area contributed by atoms with Crippen LogP contribution in [0.1, 0.15) is 25.7 Å². The van der Waals surface area contributed by atoms with Gasteiger partial charge in [0.2, 0.25) is 5.95 Å². The van der Waals surface area contributed by atoms with Gasteiger partial charge >= 0.3 is 0 Å². The smallest absolute Gasteiger partial charge is 0.245 e. The second-order valence-corrected chi connectivity index (χ2v) is 6.53. The van der Waals surface area contributed by atoms with Gasteiger partial charge in [-0.1, -0.05) is 0 Å². The van der Waals surface area contributed by atoms with Crippen LogP contribution in [0, 0.1) is 5.92 Å². The Labute approximate surface area is 154 Å². The van der Waals surface area contributed by atoms with Crippen molar-refractivity contribution < 1.29 is 14.6 Å². The summed E-state index contributed by atoms with van der Waals surface area (Å²) in [4.78, 5) is 6.92. The fourth-order valence-corrected chi connectivity index (χ4v) is 3.43. The van der Waals surface area contributed by atoms with Gasteiger partial charge in [-0.25, -0.2) is 4.98 Å². The second-order valence-electron chi connectivity index (χ2n) is 6.53. The Morgan fingerprint density at radius 1 is 1.27 bits per heavy atom. The van der Waals surface area contributed by atoms with Gasteiger partial charge in [0, 0.05) is 31.3 Å². The van der Waals surface area contributed by atoms with Crippen LogP contribution in [0.2, 0.25) is 0 Å². The highest BCUT2D eigenvalue weighted by Gasteiger charge is 2.22. The Kier molecular flexibility index (Phi) is 6.22. The van der Waals surface area contributed by atoms with Crippen LogP contribution in [-0.2, 0) is 0 Å². The predicted octanol–water partition coefficient (Wildman–Crippen LogP) is 2.54. The van der Waals surface area contributed by atoms with Crippen molar-refractivity contribution in [3.63, 3.8) is 0 Å². The molecular weight excluding hydrogens is 332 g/mol. The molecule has 0 bridgehead atoms. The molecule has 0 aliphatic carbocycles. The van der Waals surface area contributed by atoms with Crippen molar-refractivity contribution in [3.8, 4) is 22.8 Å². The molecule has 1 atom stereocenters. The number of benzene rings is 1. The van der Waals surface area contributed by atoms with Crippen LogP contribution in [-0.4, -0.2) is 54.2 Å². The molecule has 1 N–H and O–H groups in total. The normalized spacial score (nSPS) is 17.2. The lowest BCUT2D eigenvalue weighted by Gasteiger charge is -2.32. The monoisotopic (exact) mass is 358 g/mol. The highest BCUT2D eigenvalue weighted by molar-refractivity contribution is 5.68. The zero-order valence-electron chi connectivity index (χ0n) is 15.4. The van der Waals surface area contributed by atoms with Crippen LogP contribution >= 0.6 is 0 Å². The van der Waals surface area contributed by atoms with Crippen molar-refractivity contribution in [2.24, 2.45) is 5.92 Å². The van der Waals surface area contributed by atoms with Gasteiger partial charge < -0.3 is 19.5 Å². The van der Waals surface area contributed by atoms with Crippen molar-refractivity contribution in [2.75, 3.05) is 38.8 Å². The van der Waals surface area contributed by atoms with E-state index in [4.69, 9.17) is 19.6 Å². The van der Waals surface area contributed by atoms with Crippen LogP contribution in [0.15, 0.2) is 24.4 Å².